The van der Waals surface area contributed by atoms with E-state index in [9.17, 15) is 0 Å². The van der Waals surface area contributed by atoms with Crippen molar-refractivity contribution in [1.82, 2.24) is 0 Å². The summed E-state index contributed by atoms with van der Waals surface area (Å²) in [6.45, 7) is 14.2. The second-order valence-electron chi connectivity index (χ2n) is 6.82. The van der Waals surface area contributed by atoms with E-state index in [2.05, 4.69) is 82.0 Å². The Hall–Kier alpha value is -0.693. The van der Waals surface area contributed by atoms with Crippen LogP contribution in [0.2, 0.25) is 16.6 Å². The van der Waals surface area contributed by atoms with Gasteiger partial charge in [-0.1, -0.05) is 59.7 Å². The first-order valence-corrected chi connectivity index (χ1v) is 12.0. The molecule has 0 spiro atoms. The van der Waals surface area contributed by atoms with Crippen LogP contribution in [-0.2, 0) is 0 Å². The van der Waals surface area contributed by atoms with Crippen molar-refractivity contribution in [1.29, 1.82) is 0 Å². The van der Waals surface area contributed by atoms with Crippen molar-refractivity contribution in [2.24, 2.45) is 0 Å². The fourth-order valence-electron chi connectivity index (χ4n) is 3.63. The van der Waals surface area contributed by atoms with Crippen LogP contribution in [0.3, 0.4) is 0 Å². The largest absolute Gasteiger partial charge is 0.147 e. The Morgan fingerprint density at radius 2 is 1.55 bits per heavy atom. The van der Waals surface area contributed by atoms with Gasteiger partial charge >= 0.3 is 0 Å². The first-order valence-electron chi connectivity index (χ1n) is 8.04. The Bertz CT molecular complexity index is 664. The molecule has 0 radical (unpaired) electrons. The van der Waals surface area contributed by atoms with Gasteiger partial charge < -0.3 is 0 Å². The summed E-state index contributed by atoms with van der Waals surface area (Å²) in [5.41, 5.74) is 5.87. The van der Waals surface area contributed by atoms with Gasteiger partial charge in [-0.25, -0.2) is 0 Å². The zero-order valence-electron chi connectivity index (χ0n) is 14.4. The van der Waals surface area contributed by atoms with Crippen LogP contribution >= 0.6 is 23.1 Å². The summed E-state index contributed by atoms with van der Waals surface area (Å²) in [6, 6.07) is 8.61. The third kappa shape index (κ3) is 3.30. The molecule has 22 heavy (non-hydrogen) atoms. The maximum Gasteiger partial charge on any atom is 0.147 e. The molecular formula is C19H26S2Si. The number of rotatable bonds is 4. The van der Waals surface area contributed by atoms with Crippen LogP contribution in [0.25, 0.3) is 10.1 Å². The number of benzene rings is 1. The molecule has 0 aliphatic carbocycles. The van der Waals surface area contributed by atoms with Gasteiger partial charge in [-0.2, -0.15) is 0 Å². The van der Waals surface area contributed by atoms with E-state index in [0.29, 0.717) is 16.6 Å². The monoisotopic (exact) mass is 346 g/mol. The SMILES string of the molecule is CC(C)[Si](C#CSc1csc2ccccc12)(C(C)C)C(C)C. The minimum Gasteiger partial charge on any atom is -0.143 e. The van der Waals surface area contributed by atoms with Crippen molar-refractivity contribution < 1.29 is 0 Å². The van der Waals surface area contributed by atoms with Crippen LogP contribution in [-0.4, -0.2) is 8.07 Å². The molecule has 0 unspecified atom stereocenters. The fourth-order valence-corrected chi connectivity index (χ4v) is 11.0. The van der Waals surface area contributed by atoms with E-state index in [1.807, 2.05) is 11.3 Å². The van der Waals surface area contributed by atoms with Gasteiger partial charge in [0.05, 0.1) is 0 Å². The molecule has 2 rings (SSSR count). The van der Waals surface area contributed by atoms with Crippen LogP contribution in [0, 0.1) is 10.8 Å². The third-order valence-corrected chi connectivity index (χ3v) is 13.1. The minimum absolute atomic E-state index is 0.694. The van der Waals surface area contributed by atoms with Gasteiger partial charge in [0.15, 0.2) is 0 Å². The highest BCUT2D eigenvalue weighted by molar-refractivity contribution is 8.04. The maximum absolute atomic E-state index is 3.79. The van der Waals surface area contributed by atoms with E-state index in [-0.39, 0.29) is 0 Å². The van der Waals surface area contributed by atoms with Gasteiger partial charge in [0.1, 0.15) is 8.07 Å². The average molecular weight is 347 g/mol. The van der Waals surface area contributed by atoms with E-state index in [4.69, 9.17) is 0 Å². The maximum atomic E-state index is 3.79. The molecule has 1 aromatic carbocycles. The van der Waals surface area contributed by atoms with Crippen LogP contribution in [0.5, 0.6) is 0 Å². The minimum atomic E-state index is -1.61. The predicted octanol–water partition coefficient (Wildman–Crippen LogP) is 7.17. The molecular weight excluding hydrogens is 320 g/mol. The smallest absolute Gasteiger partial charge is 0.143 e. The zero-order valence-corrected chi connectivity index (χ0v) is 17.1. The van der Waals surface area contributed by atoms with Gasteiger partial charge in [0, 0.05) is 20.4 Å². The van der Waals surface area contributed by atoms with E-state index in [0.717, 1.165) is 0 Å². The van der Waals surface area contributed by atoms with Crippen molar-refractivity contribution in [3.05, 3.63) is 29.6 Å². The second kappa shape index (κ2) is 7.25. The van der Waals surface area contributed by atoms with Crippen LogP contribution in [0.1, 0.15) is 41.5 Å². The van der Waals surface area contributed by atoms with Crippen molar-refractivity contribution in [3.8, 4) is 10.8 Å². The molecule has 1 aromatic heterocycles. The lowest BCUT2D eigenvalue weighted by Crippen LogP contribution is -2.43. The second-order valence-corrected chi connectivity index (χ2v) is 14.2. The topological polar surface area (TPSA) is 0 Å². The summed E-state index contributed by atoms with van der Waals surface area (Å²) in [5.74, 6) is 0. The summed E-state index contributed by atoms with van der Waals surface area (Å²) in [7, 11) is -1.61. The molecule has 0 saturated heterocycles. The van der Waals surface area contributed by atoms with E-state index in [1.54, 1.807) is 11.8 Å². The molecule has 0 fully saturated rings. The molecule has 0 N–H and O–H groups in total. The highest BCUT2D eigenvalue weighted by Crippen LogP contribution is 2.41. The molecule has 0 saturated carbocycles. The van der Waals surface area contributed by atoms with Gasteiger partial charge in [0.25, 0.3) is 0 Å². The molecule has 1 heterocycles. The molecule has 0 atom stereocenters. The number of fused-ring (bicyclic) bond motifs is 1. The molecule has 0 aliphatic rings. The van der Waals surface area contributed by atoms with E-state index in [1.165, 1.54) is 15.0 Å². The zero-order chi connectivity index (χ0) is 16.3. The van der Waals surface area contributed by atoms with Crippen molar-refractivity contribution in [2.75, 3.05) is 0 Å². The van der Waals surface area contributed by atoms with Crippen LogP contribution < -0.4 is 0 Å². The van der Waals surface area contributed by atoms with Gasteiger partial charge in [-0.05, 0) is 39.7 Å². The Labute approximate surface area is 144 Å². The lowest BCUT2D eigenvalue weighted by atomic mass is 10.3. The molecule has 0 amide bonds. The first-order chi connectivity index (χ1) is 10.4. The predicted molar refractivity (Wildman–Crippen MR) is 107 cm³/mol. The Morgan fingerprint density at radius 1 is 0.955 bits per heavy atom. The van der Waals surface area contributed by atoms with Crippen LogP contribution in [0.15, 0.2) is 34.5 Å². The summed E-state index contributed by atoms with van der Waals surface area (Å²) < 4.78 is 1.35. The molecule has 3 heteroatoms. The number of thiophene rings is 1. The Kier molecular flexibility index (Phi) is 5.82. The number of hydrogen-bond acceptors (Lipinski definition) is 2. The highest BCUT2D eigenvalue weighted by atomic mass is 32.2. The van der Waals surface area contributed by atoms with E-state index < -0.39 is 8.07 Å². The number of hydrogen-bond donors (Lipinski definition) is 0. The number of thioether (sulfide) groups is 1. The Morgan fingerprint density at radius 3 is 2.14 bits per heavy atom. The summed E-state index contributed by atoms with van der Waals surface area (Å²) in [5, 5.41) is 7.09. The van der Waals surface area contributed by atoms with Gasteiger partial charge in [0.2, 0.25) is 0 Å². The van der Waals surface area contributed by atoms with Gasteiger partial charge in [-0.3, -0.25) is 0 Å². The van der Waals surface area contributed by atoms with Crippen LogP contribution in [0.4, 0.5) is 0 Å². The first kappa shape index (κ1) is 17.7. The van der Waals surface area contributed by atoms with Crippen molar-refractivity contribution in [3.63, 3.8) is 0 Å². The quantitative estimate of drug-likeness (QED) is 0.321. The lowest BCUT2D eigenvalue weighted by molar-refractivity contribution is 0.838. The van der Waals surface area contributed by atoms with E-state index >= 15 is 0 Å². The fraction of sp³-hybridized carbons (Fsp3) is 0.474. The Balaban J connectivity index is 2.31. The highest BCUT2D eigenvalue weighted by Gasteiger charge is 2.41. The molecule has 0 aliphatic heterocycles. The molecule has 0 nitrogen and oxygen atoms in total. The summed E-state index contributed by atoms with van der Waals surface area (Å²) >= 11 is 3.53. The summed E-state index contributed by atoms with van der Waals surface area (Å²) in [4.78, 5) is 1.31. The van der Waals surface area contributed by atoms with Crippen molar-refractivity contribution >= 4 is 41.3 Å². The molecule has 118 valence electrons. The normalized spacial score (nSPS) is 12.2. The lowest BCUT2D eigenvalue weighted by Gasteiger charge is -2.37. The average Bonchev–Trinajstić information content (AvgIpc) is 2.85. The standard InChI is InChI=1S/C19H26S2Si/c1-14(2)22(15(3)4,16(5)6)12-11-20-19-13-21-18-10-8-7-9-17(18)19/h7-10,13-16H,1-6H3. The molecule has 2 aromatic rings. The van der Waals surface area contributed by atoms with Gasteiger partial charge in [-0.15, -0.1) is 16.9 Å². The third-order valence-electron chi connectivity index (χ3n) is 4.74. The summed E-state index contributed by atoms with van der Waals surface area (Å²) in [6.07, 6.45) is 0. The molecule has 0 bridgehead atoms. The van der Waals surface area contributed by atoms with Crippen molar-refractivity contribution in [2.45, 2.75) is 63.1 Å².